The van der Waals surface area contributed by atoms with Gasteiger partial charge in [-0.05, 0) is 31.9 Å². The number of ether oxygens (including phenoxy) is 2. The van der Waals surface area contributed by atoms with Gasteiger partial charge in [-0.15, -0.1) is 10.2 Å². The molecule has 0 unspecified atom stereocenters. The molecule has 8 heteroatoms. The number of hydrogen-bond donors (Lipinski definition) is 0. The van der Waals surface area contributed by atoms with Crippen LogP contribution in [0.15, 0.2) is 29.4 Å². The third-order valence-electron chi connectivity index (χ3n) is 4.21. The van der Waals surface area contributed by atoms with Gasteiger partial charge in [-0.1, -0.05) is 35.5 Å². The standard InChI is InChI=1S/C17H18ClN3O3S/c1-10-8-14(16(22)24-10)25-17-20-19-15(21(17)11-6-7-11)9-23-13-5-3-2-4-12(13)18/h2-5,10-11,14H,6-9H2,1H3/t10-,14+/m0/s1. The number of rotatable bonds is 6. The first-order chi connectivity index (χ1) is 12.1. The quantitative estimate of drug-likeness (QED) is 0.714. The molecular weight excluding hydrogens is 362 g/mol. The van der Waals surface area contributed by atoms with Gasteiger partial charge in [0.05, 0.1) is 5.02 Å². The SMILES string of the molecule is C[C@H]1C[C@@H](Sc2nnc(COc3ccccc3Cl)n2C2CC2)C(=O)O1. The average Bonchev–Trinajstić information content (AvgIpc) is 3.27. The van der Waals surface area contributed by atoms with E-state index in [-0.39, 0.29) is 17.3 Å². The molecule has 1 aliphatic heterocycles. The van der Waals surface area contributed by atoms with Crippen molar-refractivity contribution in [2.45, 2.75) is 55.3 Å². The number of benzene rings is 1. The van der Waals surface area contributed by atoms with E-state index in [2.05, 4.69) is 14.8 Å². The van der Waals surface area contributed by atoms with E-state index >= 15 is 0 Å². The topological polar surface area (TPSA) is 66.2 Å². The molecule has 0 bridgehead atoms. The molecule has 0 spiro atoms. The van der Waals surface area contributed by atoms with Crippen LogP contribution in [0.3, 0.4) is 0 Å². The summed E-state index contributed by atoms with van der Waals surface area (Å²) in [6.45, 7) is 2.20. The Morgan fingerprint density at radius 2 is 2.16 bits per heavy atom. The first-order valence-electron chi connectivity index (χ1n) is 8.30. The van der Waals surface area contributed by atoms with Crippen molar-refractivity contribution in [2.75, 3.05) is 0 Å². The summed E-state index contributed by atoms with van der Waals surface area (Å²) in [7, 11) is 0. The predicted molar refractivity (Wildman–Crippen MR) is 93.9 cm³/mol. The highest BCUT2D eigenvalue weighted by atomic mass is 35.5. The lowest BCUT2D eigenvalue weighted by Crippen LogP contribution is -2.12. The Hall–Kier alpha value is -1.73. The molecule has 1 aromatic heterocycles. The second-order valence-corrected chi connectivity index (χ2v) is 7.89. The summed E-state index contributed by atoms with van der Waals surface area (Å²) in [6.07, 6.45) is 2.85. The Morgan fingerprint density at radius 1 is 1.36 bits per heavy atom. The first-order valence-corrected chi connectivity index (χ1v) is 9.56. The van der Waals surface area contributed by atoms with Crippen LogP contribution in [-0.4, -0.2) is 32.1 Å². The minimum absolute atomic E-state index is 0.0367. The van der Waals surface area contributed by atoms with Gasteiger partial charge in [-0.2, -0.15) is 0 Å². The van der Waals surface area contributed by atoms with E-state index < -0.39 is 0 Å². The van der Waals surface area contributed by atoms with Gasteiger partial charge >= 0.3 is 5.97 Å². The fourth-order valence-electron chi connectivity index (χ4n) is 2.83. The molecule has 2 atom stereocenters. The number of cyclic esters (lactones) is 1. The van der Waals surface area contributed by atoms with E-state index in [0.29, 0.717) is 29.8 Å². The van der Waals surface area contributed by atoms with Crippen molar-refractivity contribution in [1.29, 1.82) is 0 Å². The van der Waals surface area contributed by atoms with Crippen LogP contribution in [0.5, 0.6) is 5.75 Å². The molecule has 2 fully saturated rings. The lowest BCUT2D eigenvalue weighted by atomic mass is 10.3. The van der Waals surface area contributed by atoms with Crippen LogP contribution in [0.2, 0.25) is 5.02 Å². The molecule has 2 heterocycles. The highest BCUT2D eigenvalue weighted by Crippen LogP contribution is 2.41. The average molecular weight is 380 g/mol. The van der Waals surface area contributed by atoms with Crippen LogP contribution >= 0.6 is 23.4 Å². The zero-order chi connectivity index (χ0) is 17.4. The van der Waals surface area contributed by atoms with Gasteiger partial charge in [0.15, 0.2) is 11.0 Å². The second kappa shape index (κ2) is 6.88. The van der Waals surface area contributed by atoms with Gasteiger partial charge in [-0.3, -0.25) is 9.36 Å². The third-order valence-corrected chi connectivity index (χ3v) is 5.69. The summed E-state index contributed by atoms with van der Waals surface area (Å²) < 4.78 is 13.1. The molecule has 1 saturated carbocycles. The maximum absolute atomic E-state index is 11.9. The lowest BCUT2D eigenvalue weighted by molar-refractivity contribution is -0.140. The lowest BCUT2D eigenvalue weighted by Gasteiger charge is -2.11. The van der Waals surface area contributed by atoms with E-state index in [4.69, 9.17) is 21.1 Å². The molecule has 2 aliphatic rings. The summed E-state index contributed by atoms with van der Waals surface area (Å²) >= 11 is 7.57. The largest absolute Gasteiger partial charge is 0.484 e. The fourth-order valence-corrected chi connectivity index (χ4v) is 4.25. The molecule has 1 aliphatic carbocycles. The molecule has 6 nitrogen and oxygen atoms in total. The molecule has 1 aromatic carbocycles. The van der Waals surface area contributed by atoms with Crippen molar-refractivity contribution in [3.63, 3.8) is 0 Å². The number of esters is 1. The fraction of sp³-hybridized carbons (Fsp3) is 0.471. The molecule has 2 aromatic rings. The molecule has 4 rings (SSSR count). The van der Waals surface area contributed by atoms with E-state index in [1.807, 2.05) is 25.1 Å². The Labute approximate surface area is 154 Å². The summed E-state index contributed by atoms with van der Waals surface area (Å²) in [5.74, 6) is 1.21. The number of carbonyl (C=O) groups is 1. The summed E-state index contributed by atoms with van der Waals surface area (Å²) in [6, 6.07) is 7.74. The second-order valence-electron chi connectivity index (χ2n) is 6.31. The van der Waals surface area contributed by atoms with Crippen LogP contribution in [0.4, 0.5) is 0 Å². The van der Waals surface area contributed by atoms with E-state index in [1.54, 1.807) is 6.07 Å². The van der Waals surface area contributed by atoms with Crippen LogP contribution in [0.25, 0.3) is 0 Å². The Balaban J connectivity index is 1.50. The molecule has 0 amide bonds. The zero-order valence-corrected chi connectivity index (χ0v) is 15.3. The minimum Gasteiger partial charge on any atom is -0.484 e. The molecule has 1 saturated heterocycles. The van der Waals surface area contributed by atoms with Crippen molar-refractivity contribution < 1.29 is 14.3 Å². The van der Waals surface area contributed by atoms with E-state index in [1.165, 1.54) is 11.8 Å². The highest BCUT2D eigenvalue weighted by Gasteiger charge is 2.36. The first kappa shape index (κ1) is 16.7. The van der Waals surface area contributed by atoms with E-state index in [0.717, 1.165) is 23.8 Å². The number of carbonyl (C=O) groups excluding carboxylic acids is 1. The van der Waals surface area contributed by atoms with Gasteiger partial charge in [0, 0.05) is 12.5 Å². The van der Waals surface area contributed by atoms with Crippen LogP contribution in [0.1, 0.15) is 38.1 Å². The van der Waals surface area contributed by atoms with Crippen LogP contribution in [-0.2, 0) is 16.1 Å². The van der Waals surface area contributed by atoms with Crippen molar-refractivity contribution >= 4 is 29.3 Å². The van der Waals surface area contributed by atoms with E-state index in [9.17, 15) is 4.79 Å². The molecule has 25 heavy (non-hydrogen) atoms. The zero-order valence-electron chi connectivity index (χ0n) is 13.7. The molecule has 132 valence electrons. The van der Waals surface area contributed by atoms with Crippen LogP contribution < -0.4 is 4.74 Å². The van der Waals surface area contributed by atoms with Crippen molar-refractivity contribution in [3.8, 4) is 5.75 Å². The maximum atomic E-state index is 11.9. The van der Waals surface area contributed by atoms with Crippen LogP contribution in [0, 0.1) is 0 Å². The Kier molecular flexibility index (Phi) is 4.60. The van der Waals surface area contributed by atoms with Crippen molar-refractivity contribution in [3.05, 3.63) is 35.1 Å². The Bertz CT molecular complexity index is 793. The number of para-hydroxylation sites is 1. The number of halogens is 1. The summed E-state index contributed by atoms with van der Waals surface area (Å²) in [5, 5.41) is 9.68. The smallest absolute Gasteiger partial charge is 0.319 e. The molecular formula is C17H18ClN3O3S. The van der Waals surface area contributed by atoms with Gasteiger partial charge < -0.3 is 9.47 Å². The van der Waals surface area contributed by atoms with Crippen molar-refractivity contribution in [1.82, 2.24) is 14.8 Å². The number of nitrogens with zero attached hydrogens (tertiary/aromatic N) is 3. The van der Waals surface area contributed by atoms with Crippen molar-refractivity contribution in [2.24, 2.45) is 0 Å². The summed E-state index contributed by atoms with van der Waals surface area (Å²) in [5.41, 5.74) is 0. The normalized spacial score (nSPS) is 22.9. The monoisotopic (exact) mass is 379 g/mol. The molecule has 0 radical (unpaired) electrons. The number of thioether (sulfide) groups is 1. The van der Waals surface area contributed by atoms with Gasteiger partial charge in [0.25, 0.3) is 0 Å². The minimum atomic E-state index is -0.214. The predicted octanol–water partition coefficient (Wildman–Crippen LogP) is 3.64. The molecule has 0 N–H and O–H groups in total. The van der Waals surface area contributed by atoms with Gasteiger partial charge in [-0.25, -0.2) is 0 Å². The number of hydrogen-bond acceptors (Lipinski definition) is 6. The highest BCUT2D eigenvalue weighted by molar-refractivity contribution is 8.00. The van der Waals surface area contributed by atoms with Gasteiger partial charge in [0.1, 0.15) is 23.7 Å². The summed E-state index contributed by atoms with van der Waals surface area (Å²) in [4.78, 5) is 11.9. The maximum Gasteiger partial charge on any atom is 0.319 e. The number of aromatic nitrogens is 3. The Morgan fingerprint density at radius 3 is 2.84 bits per heavy atom. The third kappa shape index (κ3) is 3.62. The van der Waals surface area contributed by atoms with Gasteiger partial charge in [0.2, 0.25) is 0 Å².